The lowest BCUT2D eigenvalue weighted by molar-refractivity contribution is -0.119. The molecule has 0 bridgehead atoms. The Hall–Kier alpha value is -3.94. The van der Waals surface area contributed by atoms with Crippen molar-refractivity contribution in [3.8, 4) is 0 Å². The number of amides is 2. The van der Waals surface area contributed by atoms with Crippen molar-refractivity contribution in [2.24, 2.45) is 0 Å². The van der Waals surface area contributed by atoms with Gasteiger partial charge in [0.05, 0.1) is 0 Å². The molecule has 4 rings (SSSR count). The van der Waals surface area contributed by atoms with Crippen LogP contribution < -0.4 is 10.6 Å². The van der Waals surface area contributed by atoms with Crippen LogP contribution in [0.3, 0.4) is 0 Å². The van der Waals surface area contributed by atoms with Gasteiger partial charge in [0.25, 0.3) is 5.91 Å². The van der Waals surface area contributed by atoms with Crippen LogP contribution in [0.15, 0.2) is 71.7 Å². The summed E-state index contributed by atoms with van der Waals surface area (Å²) in [5.74, 6) is -0.322. The SMILES string of the molecule is C[C@@H](C(=O)Nc1ccc(NC(=O)c2cc3ccccc3o2)cc1)n1cncn1. The summed E-state index contributed by atoms with van der Waals surface area (Å²) in [6, 6.07) is 15.5. The number of carbonyl (C=O) groups is 2. The van der Waals surface area contributed by atoms with Crippen molar-refractivity contribution in [2.75, 3.05) is 10.6 Å². The summed E-state index contributed by atoms with van der Waals surface area (Å²) in [6.45, 7) is 1.73. The molecule has 8 heteroatoms. The Balaban J connectivity index is 1.40. The molecule has 0 aliphatic heterocycles. The maximum Gasteiger partial charge on any atom is 0.291 e. The van der Waals surface area contributed by atoms with Crippen molar-refractivity contribution in [3.63, 3.8) is 0 Å². The van der Waals surface area contributed by atoms with Gasteiger partial charge in [-0.05, 0) is 43.3 Å². The highest BCUT2D eigenvalue weighted by Crippen LogP contribution is 2.21. The summed E-state index contributed by atoms with van der Waals surface area (Å²) in [5.41, 5.74) is 1.86. The van der Waals surface area contributed by atoms with Gasteiger partial charge in [0.2, 0.25) is 5.91 Å². The Labute approximate surface area is 160 Å². The summed E-state index contributed by atoms with van der Waals surface area (Å²) in [5, 5.41) is 10.4. The number of hydrogen-bond acceptors (Lipinski definition) is 5. The van der Waals surface area contributed by atoms with Crippen molar-refractivity contribution in [1.29, 1.82) is 0 Å². The molecule has 0 radical (unpaired) electrons. The van der Waals surface area contributed by atoms with E-state index in [2.05, 4.69) is 20.7 Å². The second kappa shape index (κ2) is 7.36. The fraction of sp³-hybridized carbons (Fsp3) is 0.100. The molecule has 140 valence electrons. The molecule has 0 saturated heterocycles. The maximum atomic E-state index is 12.4. The summed E-state index contributed by atoms with van der Waals surface area (Å²) < 4.78 is 7.03. The molecule has 2 aromatic carbocycles. The van der Waals surface area contributed by atoms with Crippen LogP contribution in [0.25, 0.3) is 11.0 Å². The van der Waals surface area contributed by atoms with Crippen molar-refractivity contribution < 1.29 is 14.0 Å². The van der Waals surface area contributed by atoms with Gasteiger partial charge < -0.3 is 15.1 Å². The fourth-order valence-corrected chi connectivity index (χ4v) is 2.71. The van der Waals surface area contributed by atoms with Crippen LogP contribution in [0, 0.1) is 0 Å². The van der Waals surface area contributed by atoms with E-state index in [-0.39, 0.29) is 17.6 Å². The van der Waals surface area contributed by atoms with Gasteiger partial charge in [-0.3, -0.25) is 9.59 Å². The quantitative estimate of drug-likeness (QED) is 0.556. The van der Waals surface area contributed by atoms with Crippen LogP contribution in [-0.2, 0) is 4.79 Å². The normalized spacial score (nSPS) is 11.9. The minimum absolute atomic E-state index is 0.218. The molecule has 0 spiro atoms. The number of rotatable bonds is 5. The minimum atomic E-state index is -0.491. The summed E-state index contributed by atoms with van der Waals surface area (Å²) in [4.78, 5) is 28.5. The summed E-state index contributed by atoms with van der Waals surface area (Å²) in [6.07, 6.45) is 2.87. The average molecular weight is 375 g/mol. The molecular weight excluding hydrogens is 358 g/mol. The molecular formula is C20H17N5O3. The van der Waals surface area contributed by atoms with E-state index in [4.69, 9.17) is 4.42 Å². The topological polar surface area (TPSA) is 102 Å². The molecule has 2 aromatic heterocycles. The number of anilines is 2. The maximum absolute atomic E-state index is 12.4. The molecule has 0 saturated carbocycles. The highest BCUT2D eigenvalue weighted by molar-refractivity contribution is 6.04. The third-order valence-electron chi connectivity index (χ3n) is 4.27. The molecule has 2 N–H and O–H groups in total. The van der Waals surface area contributed by atoms with E-state index in [1.165, 1.54) is 17.3 Å². The molecule has 4 aromatic rings. The first kappa shape index (κ1) is 17.5. The summed E-state index contributed by atoms with van der Waals surface area (Å²) >= 11 is 0. The van der Waals surface area contributed by atoms with E-state index in [1.807, 2.05) is 24.3 Å². The van der Waals surface area contributed by atoms with Gasteiger partial charge in [-0.1, -0.05) is 18.2 Å². The highest BCUT2D eigenvalue weighted by Gasteiger charge is 2.16. The van der Waals surface area contributed by atoms with Crippen molar-refractivity contribution in [1.82, 2.24) is 14.8 Å². The van der Waals surface area contributed by atoms with E-state index < -0.39 is 6.04 Å². The second-order valence-electron chi connectivity index (χ2n) is 6.22. The van der Waals surface area contributed by atoms with Gasteiger partial charge in [0.15, 0.2) is 5.76 Å². The number of nitrogens with zero attached hydrogens (tertiary/aromatic N) is 3. The zero-order chi connectivity index (χ0) is 19.5. The van der Waals surface area contributed by atoms with E-state index in [0.29, 0.717) is 17.0 Å². The Bertz CT molecular complexity index is 1080. The van der Waals surface area contributed by atoms with E-state index in [0.717, 1.165) is 5.39 Å². The molecule has 0 aliphatic rings. The lowest BCUT2D eigenvalue weighted by atomic mass is 10.2. The lowest BCUT2D eigenvalue weighted by Crippen LogP contribution is -2.24. The average Bonchev–Trinajstić information content (AvgIpc) is 3.38. The molecule has 0 unspecified atom stereocenters. The number of carbonyl (C=O) groups excluding carboxylic acids is 2. The first-order valence-corrected chi connectivity index (χ1v) is 8.65. The number of furan rings is 1. The van der Waals surface area contributed by atoms with Gasteiger partial charge in [-0.25, -0.2) is 9.67 Å². The standard InChI is InChI=1S/C20H17N5O3/c1-13(25-12-21-11-22-25)19(26)23-15-6-8-16(9-7-15)24-20(27)18-10-14-4-2-3-5-17(14)28-18/h2-13H,1H3,(H,23,26)(H,24,27)/t13-/m0/s1. The fourth-order valence-electron chi connectivity index (χ4n) is 2.71. The van der Waals surface area contributed by atoms with E-state index >= 15 is 0 Å². The Kier molecular flexibility index (Phi) is 4.59. The van der Waals surface area contributed by atoms with E-state index in [1.54, 1.807) is 37.3 Å². The first-order valence-electron chi connectivity index (χ1n) is 8.65. The number of hydrogen-bond donors (Lipinski definition) is 2. The Morgan fingerprint density at radius 3 is 2.43 bits per heavy atom. The Morgan fingerprint density at radius 1 is 1.04 bits per heavy atom. The van der Waals surface area contributed by atoms with Crippen LogP contribution in [0.2, 0.25) is 0 Å². The van der Waals surface area contributed by atoms with Crippen molar-refractivity contribution in [3.05, 3.63) is 73.0 Å². The van der Waals surface area contributed by atoms with Gasteiger partial charge >= 0.3 is 0 Å². The number of para-hydroxylation sites is 1. The van der Waals surface area contributed by atoms with Crippen molar-refractivity contribution in [2.45, 2.75) is 13.0 Å². The van der Waals surface area contributed by atoms with E-state index in [9.17, 15) is 9.59 Å². The molecule has 28 heavy (non-hydrogen) atoms. The number of benzene rings is 2. The van der Waals surface area contributed by atoms with Crippen LogP contribution in [0.4, 0.5) is 11.4 Å². The predicted octanol–water partition coefficient (Wildman–Crippen LogP) is 3.48. The second-order valence-corrected chi connectivity index (χ2v) is 6.22. The number of aromatic nitrogens is 3. The molecule has 2 amide bonds. The van der Waals surface area contributed by atoms with Crippen LogP contribution in [-0.4, -0.2) is 26.6 Å². The monoisotopic (exact) mass is 375 g/mol. The van der Waals surface area contributed by atoms with Gasteiger partial charge in [0, 0.05) is 16.8 Å². The molecule has 1 atom stereocenters. The lowest BCUT2D eigenvalue weighted by Gasteiger charge is -2.12. The zero-order valence-corrected chi connectivity index (χ0v) is 15.0. The molecule has 2 heterocycles. The smallest absolute Gasteiger partial charge is 0.291 e. The molecule has 0 fully saturated rings. The Morgan fingerprint density at radius 2 is 1.75 bits per heavy atom. The number of nitrogens with one attached hydrogen (secondary N) is 2. The molecule has 8 nitrogen and oxygen atoms in total. The van der Waals surface area contributed by atoms with Crippen LogP contribution in [0.1, 0.15) is 23.5 Å². The minimum Gasteiger partial charge on any atom is -0.451 e. The largest absolute Gasteiger partial charge is 0.451 e. The van der Waals surface area contributed by atoms with Gasteiger partial charge in [0.1, 0.15) is 24.3 Å². The summed E-state index contributed by atoms with van der Waals surface area (Å²) in [7, 11) is 0. The van der Waals surface area contributed by atoms with Gasteiger partial charge in [-0.15, -0.1) is 0 Å². The predicted molar refractivity (Wildman–Crippen MR) is 104 cm³/mol. The third kappa shape index (κ3) is 3.61. The first-order chi connectivity index (χ1) is 13.6. The molecule has 0 aliphatic carbocycles. The van der Waals surface area contributed by atoms with Crippen LogP contribution in [0.5, 0.6) is 0 Å². The van der Waals surface area contributed by atoms with Gasteiger partial charge in [-0.2, -0.15) is 5.10 Å². The van der Waals surface area contributed by atoms with Crippen LogP contribution >= 0.6 is 0 Å². The zero-order valence-electron chi connectivity index (χ0n) is 15.0. The highest BCUT2D eigenvalue weighted by atomic mass is 16.3. The number of fused-ring (bicyclic) bond motifs is 1. The van der Waals surface area contributed by atoms with Crippen molar-refractivity contribution >= 4 is 34.2 Å². The third-order valence-corrected chi connectivity index (χ3v) is 4.27.